The zero-order valence-electron chi connectivity index (χ0n) is 25.7. The average molecular weight is 631 g/mol. The van der Waals surface area contributed by atoms with Crippen LogP contribution < -0.4 is 24.3 Å². The number of anilines is 2. The first-order valence-corrected chi connectivity index (χ1v) is 14.2. The topological polar surface area (TPSA) is 148 Å². The summed E-state index contributed by atoms with van der Waals surface area (Å²) >= 11 is 0. The lowest BCUT2D eigenvalue weighted by Crippen LogP contribution is -2.57. The zero-order valence-corrected chi connectivity index (χ0v) is 25.7. The van der Waals surface area contributed by atoms with Crippen molar-refractivity contribution in [1.82, 2.24) is 34.6 Å². The Kier molecular flexibility index (Phi) is 8.13. The predicted molar refractivity (Wildman–Crippen MR) is 164 cm³/mol. The number of carbonyl (C=O) groups excluding carboxylic acids is 1. The van der Waals surface area contributed by atoms with Crippen LogP contribution in [0.4, 0.5) is 20.7 Å². The largest absolute Gasteiger partial charge is 0.493 e. The monoisotopic (exact) mass is 630 g/mol. The van der Waals surface area contributed by atoms with Gasteiger partial charge < -0.3 is 33.9 Å². The van der Waals surface area contributed by atoms with E-state index in [1.165, 1.54) is 37.4 Å². The second kappa shape index (κ2) is 12.3. The lowest BCUT2D eigenvalue weighted by atomic mass is 10.1. The highest BCUT2D eigenvalue weighted by Gasteiger charge is 2.35. The SMILES string of the molecule is COc1ncc(-n2ccc(Oc3ccc(Nc4ncnc5cc(OC)c(OC6CN(C(=O)OC(C)(C)C)C6)cc45)cc3F)n2)cn1. The fourth-order valence-corrected chi connectivity index (χ4v) is 4.53. The van der Waals surface area contributed by atoms with Crippen LogP contribution in [-0.2, 0) is 4.74 Å². The third kappa shape index (κ3) is 6.67. The van der Waals surface area contributed by atoms with Crippen molar-refractivity contribution in [2.24, 2.45) is 0 Å². The third-order valence-electron chi connectivity index (χ3n) is 6.75. The number of fused-ring (bicyclic) bond motifs is 1. The minimum Gasteiger partial charge on any atom is -0.493 e. The molecule has 1 aliphatic heterocycles. The first-order valence-electron chi connectivity index (χ1n) is 14.2. The second-order valence-corrected chi connectivity index (χ2v) is 11.3. The lowest BCUT2D eigenvalue weighted by molar-refractivity contribution is -0.0225. The van der Waals surface area contributed by atoms with Crippen LogP contribution in [0.15, 0.2) is 61.3 Å². The van der Waals surface area contributed by atoms with Crippen molar-refractivity contribution in [3.8, 4) is 34.8 Å². The van der Waals surface area contributed by atoms with E-state index in [4.69, 9.17) is 23.7 Å². The van der Waals surface area contributed by atoms with E-state index < -0.39 is 11.4 Å². The summed E-state index contributed by atoms with van der Waals surface area (Å²) in [4.78, 5) is 30.7. The molecular formula is C31H31FN8O6. The number of amides is 1. The van der Waals surface area contributed by atoms with Gasteiger partial charge >= 0.3 is 12.1 Å². The number of methoxy groups -OCH3 is 2. The molecule has 1 N–H and O–H groups in total. The van der Waals surface area contributed by atoms with Crippen LogP contribution >= 0.6 is 0 Å². The van der Waals surface area contributed by atoms with Gasteiger partial charge in [0, 0.05) is 35.5 Å². The number of hydrogen-bond donors (Lipinski definition) is 1. The van der Waals surface area contributed by atoms with Crippen molar-refractivity contribution in [2.75, 3.05) is 32.6 Å². The Balaban J connectivity index is 1.15. The third-order valence-corrected chi connectivity index (χ3v) is 6.75. The number of hydrogen-bond acceptors (Lipinski definition) is 12. The smallest absolute Gasteiger partial charge is 0.410 e. The Morgan fingerprint density at radius 1 is 0.957 bits per heavy atom. The zero-order chi connectivity index (χ0) is 32.4. The van der Waals surface area contributed by atoms with E-state index in [2.05, 4.69) is 30.4 Å². The molecule has 6 rings (SSSR count). The van der Waals surface area contributed by atoms with Gasteiger partial charge in [-0.3, -0.25) is 0 Å². The fraction of sp³-hybridized carbons (Fsp3) is 0.290. The van der Waals surface area contributed by atoms with Gasteiger partial charge in [-0.25, -0.2) is 33.8 Å². The van der Waals surface area contributed by atoms with Crippen molar-refractivity contribution in [3.63, 3.8) is 0 Å². The Hall–Kier alpha value is -5.73. The molecule has 1 saturated heterocycles. The lowest BCUT2D eigenvalue weighted by Gasteiger charge is -2.39. The molecule has 0 spiro atoms. The number of nitrogens with one attached hydrogen (secondary N) is 1. The first-order chi connectivity index (χ1) is 22.1. The molecule has 3 aromatic heterocycles. The van der Waals surface area contributed by atoms with Gasteiger partial charge in [-0.05, 0) is 39.0 Å². The van der Waals surface area contributed by atoms with Gasteiger partial charge in [-0.1, -0.05) is 0 Å². The Morgan fingerprint density at radius 3 is 2.43 bits per heavy atom. The minimum absolute atomic E-state index is 0.0179. The van der Waals surface area contributed by atoms with Crippen LogP contribution in [-0.4, -0.2) is 79.7 Å². The van der Waals surface area contributed by atoms with Crippen molar-refractivity contribution in [1.29, 1.82) is 0 Å². The molecule has 0 saturated carbocycles. The van der Waals surface area contributed by atoms with E-state index in [1.54, 1.807) is 47.8 Å². The van der Waals surface area contributed by atoms with E-state index in [0.29, 0.717) is 52.7 Å². The van der Waals surface area contributed by atoms with Crippen LogP contribution in [0, 0.1) is 5.82 Å². The Morgan fingerprint density at radius 2 is 1.74 bits per heavy atom. The standard InChI is InChI=1S/C31H31FN8O6/c1-31(2,3)46-30(41)39-15-20(16-39)44-26-11-21-23(12-25(26)42-4)35-17-36-28(21)37-18-6-7-24(22(32)10-18)45-27-8-9-40(38-27)19-13-33-29(43-5)34-14-19/h6-14,17,20H,15-16H2,1-5H3,(H,35,36,37). The normalized spacial score (nSPS) is 13.2. The average Bonchev–Trinajstić information content (AvgIpc) is 3.47. The number of benzene rings is 2. The van der Waals surface area contributed by atoms with Crippen LogP contribution in [0.1, 0.15) is 20.8 Å². The van der Waals surface area contributed by atoms with Crippen molar-refractivity contribution < 1.29 is 32.9 Å². The van der Waals surface area contributed by atoms with Crippen LogP contribution in [0.2, 0.25) is 0 Å². The summed E-state index contributed by atoms with van der Waals surface area (Å²) in [7, 11) is 3.01. The van der Waals surface area contributed by atoms with Gasteiger partial charge in [-0.2, -0.15) is 0 Å². The van der Waals surface area contributed by atoms with E-state index in [1.807, 2.05) is 20.8 Å². The summed E-state index contributed by atoms with van der Waals surface area (Å²) in [5, 5.41) is 8.07. The molecule has 0 radical (unpaired) electrons. The molecule has 0 atom stereocenters. The van der Waals surface area contributed by atoms with E-state index >= 15 is 4.39 Å². The van der Waals surface area contributed by atoms with Gasteiger partial charge in [0.05, 0.1) is 45.2 Å². The molecule has 1 fully saturated rings. The number of aromatic nitrogens is 6. The summed E-state index contributed by atoms with van der Waals surface area (Å²) in [5.74, 6) is 0.903. The maximum atomic E-state index is 15.2. The van der Waals surface area contributed by atoms with Gasteiger partial charge in [0.2, 0.25) is 5.88 Å². The van der Waals surface area contributed by atoms with Crippen LogP contribution in [0.5, 0.6) is 29.1 Å². The Labute approximate surface area is 263 Å². The molecule has 238 valence electrons. The molecular weight excluding hydrogens is 599 g/mol. The molecule has 14 nitrogen and oxygen atoms in total. The summed E-state index contributed by atoms with van der Waals surface area (Å²) in [6, 6.07) is 9.74. The highest BCUT2D eigenvalue weighted by molar-refractivity contribution is 5.93. The summed E-state index contributed by atoms with van der Waals surface area (Å²) in [6.45, 7) is 6.20. The number of likely N-dealkylation sites (tertiary alicyclic amines) is 1. The Bertz CT molecular complexity index is 1870. The number of ether oxygens (including phenoxy) is 5. The van der Waals surface area contributed by atoms with Crippen LogP contribution in [0.3, 0.4) is 0 Å². The molecule has 5 aromatic rings. The van der Waals surface area contributed by atoms with Gasteiger partial charge in [0.25, 0.3) is 0 Å². The summed E-state index contributed by atoms with van der Waals surface area (Å²) < 4.78 is 44.4. The quantitative estimate of drug-likeness (QED) is 0.225. The highest BCUT2D eigenvalue weighted by atomic mass is 19.1. The molecule has 0 aliphatic carbocycles. The number of halogens is 1. The maximum Gasteiger partial charge on any atom is 0.410 e. The number of nitrogens with zero attached hydrogens (tertiary/aromatic N) is 7. The maximum absolute atomic E-state index is 15.2. The molecule has 4 heterocycles. The van der Waals surface area contributed by atoms with Crippen molar-refractivity contribution >= 4 is 28.5 Å². The van der Waals surface area contributed by atoms with Gasteiger partial charge in [0.1, 0.15) is 29.5 Å². The molecule has 2 aromatic carbocycles. The minimum atomic E-state index is -0.615. The molecule has 0 unspecified atom stereocenters. The molecule has 15 heteroatoms. The van der Waals surface area contributed by atoms with Gasteiger partial charge in [-0.15, -0.1) is 5.10 Å². The second-order valence-electron chi connectivity index (χ2n) is 11.3. The first kappa shape index (κ1) is 30.3. The highest BCUT2D eigenvalue weighted by Crippen LogP contribution is 2.37. The predicted octanol–water partition coefficient (Wildman–Crippen LogP) is 5.30. The van der Waals surface area contributed by atoms with Crippen LogP contribution in [0.25, 0.3) is 16.6 Å². The fourth-order valence-electron chi connectivity index (χ4n) is 4.53. The number of rotatable bonds is 9. The summed E-state index contributed by atoms with van der Waals surface area (Å²) in [6.07, 6.45) is 5.48. The van der Waals surface area contributed by atoms with Gasteiger partial charge in [0.15, 0.2) is 23.1 Å². The van der Waals surface area contributed by atoms with E-state index in [0.717, 1.165) is 0 Å². The van der Waals surface area contributed by atoms with Crippen molar-refractivity contribution in [2.45, 2.75) is 32.5 Å². The molecule has 46 heavy (non-hydrogen) atoms. The van der Waals surface area contributed by atoms with E-state index in [9.17, 15) is 4.79 Å². The van der Waals surface area contributed by atoms with E-state index in [-0.39, 0.29) is 29.8 Å². The van der Waals surface area contributed by atoms with Crippen molar-refractivity contribution in [3.05, 3.63) is 67.1 Å². The summed E-state index contributed by atoms with van der Waals surface area (Å²) in [5.41, 5.74) is 1.01. The molecule has 1 aliphatic rings. The molecule has 1 amide bonds. The number of carbonyl (C=O) groups is 1. The molecule has 0 bridgehead atoms.